The van der Waals surface area contributed by atoms with E-state index in [2.05, 4.69) is 22.5 Å². The van der Waals surface area contributed by atoms with Crippen LogP contribution in [0.25, 0.3) is 0 Å². The normalized spacial score (nSPS) is 29.0. The number of carbonyl (C=O) groups excluding carboxylic acids is 1. The topological polar surface area (TPSA) is 47.6 Å². The lowest BCUT2D eigenvalue weighted by molar-refractivity contribution is -0.201. The van der Waals surface area contributed by atoms with Gasteiger partial charge >= 0.3 is 0 Å². The highest BCUT2D eigenvalue weighted by molar-refractivity contribution is 6.31. The molecule has 1 amide bonds. The van der Waals surface area contributed by atoms with Gasteiger partial charge in [0, 0.05) is 16.8 Å². The average Bonchev–Trinajstić information content (AvgIpc) is 3.33. The lowest BCUT2D eigenvalue weighted by Gasteiger charge is -2.43. The molecule has 3 heterocycles. The Bertz CT molecular complexity index is 919. The fourth-order valence-electron chi connectivity index (χ4n) is 3.70. The maximum Gasteiger partial charge on any atom is 0.266 e. The molecule has 138 valence electrons. The predicted octanol–water partition coefficient (Wildman–Crippen LogP) is 3.18. The minimum Gasteiger partial charge on any atom is -0.368 e. The molecule has 4 unspecified atom stereocenters. The van der Waals surface area contributed by atoms with E-state index in [1.54, 1.807) is 11.1 Å². The van der Waals surface area contributed by atoms with Crippen LogP contribution in [0.1, 0.15) is 30.3 Å². The van der Waals surface area contributed by atoms with E-state index in [-0.39, 0.29) is 24.5 Å². The minimum atomic E-state index is -0.161. The Morgan fingerprint density at radius 1 is 1.15 bits per heavy atom. The molecule has 5 rings (SSSR count). The Balaban J connectivity index is 1.24. The van der Waals surface area contributed by atoms with E-state index in [0.717, 1.165) is 11.3 Å². The summed E-state index contributed by atoms with van der Waals surface area (Å²) in [5.41, 5.74) is 2.89. The van der Waals surface area contributed by atoms with Gasteiger partial charge in [-0.2, -0.15) is 5.01 Å². The second-order valence-electron chi connectivity index (χ2n) is 6.83. The number of nitrogens with one attached hydrogen (secondary N) is 1. The molecule has 2 aromatic carbocycles. The third-order valence-electron chi connectivity index (χ3n) is 5.12. The van der Waals surface area contributed by atoms with Crippen molar-refractivity contribution < 1.29 is 9.53 Å². The molecule has 0 spiro atoms. The Labute approximate surface area is 162 Å². The number of fused-ring (bicyclic) bond motifs is 4. The lowest BCUT2D eigenvalue weighted by atomic mass is 10.1. The highest BCUT2D eigenvalue weighted by Crippen LogP contribution is 2.53. The number of hydrogen-bond donors (Lipinski definition) is 1. The summed E-state index contributed by atoms with van der Waals surface area (Å²) in [4.78, 5) is 12.5. The number of rotatable bonds is 5. The fraction of sp³-hybridized carbons (Fsp3) is 0.250. The van der Waals surface area contributed by atoms with Crippen LogP contribution in [0, 0.1) is 0 Å². The Hall–Kier alpha value is -2.38. The molecule has 0 bridgehead atoms. The summed E-state index contributed by atoms with van der Waals surface area (Å²) in [7, 11) is 0. The monoisotopic (exact) mass is 382 g/mol. The quantitative estimate of drug-likeness (QED) is 0.805. The molecule has 0 radical (unpaired) electrons. The summed E-state index contributed by atoms with van der Waals surface area (Å²) in [5, 5.41) is 9.91. The summed E-state index contributed by atoms with van der Waals surface area (Å²) >= 11 is 6.23. The van der Waals surface area contributed by atoms with Gasteiger partial charge in [-0.25, -0.2) is 5.01 Å². The summed E-state index contributed by atoms with van der Waals surface area (Å²) in [5.74, 6) is -0.0302. The van der Waals surface area contributed by atoms with Gasteiger partial charge in [0.25, 0.3) is 5.91 Å². The number of hydrogen-bond acceptors (Lipinski definition) is 5. The van der Waals surface area contributed by atoms with Gasteiger partial charge in [0.15, 0.2) is 6.29 Å². The van der Waals surface area contributed by atoms with E-state index in [9.17, 15) is 4.79 Å². The molecule has 2 aromatic rings. The molecule has 0 saturated carbocycles. The highest BCUT2D eigenvalue weighted by atomic mass is 35.5. The third kappa shape index (κ3) is 2.73. The zero-order valence-electron chi connectivity index (χ0n) is 14.7. The maximum atomic E-state index is 12.5. The predicted molar refractivity (Wildman–Crippen MR) is 101 cm³/mol. The van der Waals surface area contributed by atoms with Crippen molar-refractivity contribution in [2.75, 3.05) is 6.61 Å². The highest BCUT2D eigenvalue weighted by Gasteiger charge is 2.68. The van der Waals surface area contributed by atoms with Crippen LogP contribution in [0.5, 0.6) is 0 Å². The van der Waals surface area contributed by atoms with Crippen molar-refractivity contribution >= 4 is 17.5 Å². The van der Waals surface area contributed by atoms with Gasteiger partial charge in [-0.1, -0.05) is 60.1 Å². The molecule has 0 aromatic heterocycles. The van der Waals surface area contributed by atoms with Gasteiger partial charge in [0.2, 0.25) is 0 Å². The molecule has 0 aliphatic carbocycles. The molecule has 7 heteroatoms. The van der Waals surface area contributed by atoms with Crippen molar-refractivity contribution in [1.29, 1.82) is 0 Å². The van der Waals surface area contributed by atoms with E-state index in [4.69, 9.17) is 16.3 Å². The molecule has 1 N–H and O–H groups in total. The number of halogens is 1. The van der Waals surface area contributed by atoms with Crippen LogP contribution in [0.4, 0.5) is 0 Å². The first-order chi connectivity index (χ1) is 13.1. The molecule has 27 heavy (non-hydrogen) atoms. The molecule has 6 nitrogen and oxygen atoms in total. The number of amides is 1. The van der Waals surface area contributed by atoms with Crippen molar-refractivity contribution in [2.45, 2.75) is 25.5 Å². The zero-order valence-corrected chi connectivity index (χ0v) is 15.5. The molecule has 3 aliphatic heterocycles. The third-order valence-corrected chi connectivity index (χ3v) is 5.47. The fourth-order valence-corrected chi connectivity index (χ4v) is 3.99. The number of hydrazine groups is 2. The van der Waals surface area contributed by atoms with Crippen molar-refractivity contribution in [3.63, 3.8) is 0 Å². The van der Waals surface area contributed by atoms with Crippen LogP contribution in [0.2, 0.25) is 5.02 Å². The first kappa shape index (κ1) is 16.8. The second kappa shape index (κ2) is 6.35. The smallest absolute Gasteiger partial charge is 0.266 e. The van der Waals surface area contributed by atoms with Crippen LogP contribution < -0.4 is 5.32 Å². The minimum absolute atomic E-state index is 0.0302. The van der Waals surface area contributed by atoms with Crippen molar-refractivity contribution in [3.8, 4) is 0 Å². The largest absolute Gasteiger partial charge is 0.368 e. The van der Waals surface area contributed by atoms with Gasteiger partial charge in [0.05, 0.1) is 12.7 Å². The number of benzene rings is 2. The SMILES string of the molecule is CC(OCC1=CC(=O)N2C(N1)[N@@]1C(c3ccccc3)N21)c1ccccc1Cl. The van der Waals surface area contributed by atoms with Crippen LogP contribution in [0.15, 0.2) is 66.4 Å². The molecular formula is C20H19ClN4O2. The summed E-state index contributed by atoms with van der Waals surface area (Å²) in [6.45, 7) is 2.28. The number of ether oxygens (including phenoxy) is 1. The standard InChI is InChI=1S/C20H19ClN4O2/c1-13(16-9-5-6-10-17(16)21)27-12-15-11-18(26)23-20(22-15)24-19(25(23)24)14-7-3-2-4-8-14/h2-11,13,19-20,22H,12H2,1H3/t13?,19?,20?,24-,25?/m1/s1. The van der Waals surface area contributed by atoms with Crippen LogP contribution >= 0.6 is 11.6 Å². The molecule has 2 saturated heterocycles. The molecular weight excluding hydrogens is 364 g/mol. The van der Waals surface area contributed by atoms with Gasteiger partial charge in [-0.3, -0.25) is 4.79 Å². The van der Waals surface area contributed by atoms with Gasteiger partial charge in [-0.05, 0) is 24.1 Å². The van der Waals surface area contributed by atoms with Gasteiger partial charge in [-0.15, -0.1) is 5.12 Å². The number of nitrogens with zero attached hydrogens (tertiary/aromatic N) is 3. The second-order valence-corrected chi connectivity index (χ2v) is 7.24. The van der Waals surface area contributed by atoms with E-state index < -0.39 is 0 Å². The molecule has 5 atom stereocenters. The van der Waals surface area contributed by atoms with E-state index in [1.807, 2.05) is 54.5 Å². The molecule has 2 fully saturated rings. The van der Waals surface area contributed by atoms with E-state index in [0.29, 0.717) is 11.6 Å². The van der Waals surface area contributed by atoms with Crippen LogP contribution in [0.3, 0.4) is 0 Å². The van der Waals surface area contributed by atoms with Crippen molar-refractivity contribution in [3.05, 3.63) is 82.5 Å². The molecule has 3 aliphatic rings. The average molecular weight is 383 g/mol. The van der Waals surface area contributed by atoms with E-state index in [1.165, 1.54) is 5.56 Å². The van der Waals surface area contributed by atoms with Crippen LogP contribution in [-0.4, -0.2) is 33.9 Å². The Kier molecular flexibility index (Phi) is 3.94. The lowest BCUT2D eigenvalue weighted by Crippen LogP contribution is -2.66. The van der Waals surface area contributed by atoms with Crippen molar-refractivity contribution in [2.24, 2.45) is 0 Å². The van der Waals surface area contributed by atoms with E-state index >= 15 is 0 Å². The van der Waals surface area contributed by atoms with Gasteiger partial charge in [0.1, 0.15) is 6.17 Å². The Morgan fingerprint density at radius 2 is 1.89 bits per heavy atom. The summed E-state index contributed by atoms with van der Waals surface area (Å²) in [6, 6.07) is 17.8. The zero-order chi connectivity index (χ0) is 18.5. The summed E-state index contributed by atoms with van der Waals surface area (Å²) in [6.07, 6.45) is 1.41. The van der Waals surface area contributed by atoms with Gasteiger partial charge < -0.3 is 10.1 Å². The van der Waals surface area contributed by atoms with Crippen LogP contribution in [-0.2, 0) is 9.53 Å². The number of carbonyl (C=O) groups is 1. The summed E-state index contributed by atoms with van der Waals surface area (Å²) < 4.78 is 5.95. The first-order valence-corrected chi connectivity index (χ1v) is 9.31. The Morgan fingerprint density at radius 3 is 2.67 bits per heavy atom. The van der Waals surface area contributed by atoms with Crippen molar-refractivity contribution in [1.82, 2.24) is 20.5 Å². The maximum absolute atomic E-state index is 12.5. The first-order valence-electron chi connectivity index (χ1n) is 8.94.